The Bertz CT molecular complexity index is 399. The number of rotatable bonds is 4. The van der Waals surface area contributed by atoms with Gasteiger partial charge in [0.1, 0.15) is 0 Å². The van der Waals surface area contributed by atoms with Gasteiger partial charge in [-0.2, -0.15) is 0 Å². The molecule has 1 aromatic rings. The summed E-state index contributed by atoms with van der Waals surface area (Å²) in [5.41, 5.74) is 2.49. The third-order valence-corrected chi connectivity index (χ3v) is 3.62. The average Bonchev–Trinajstić information content (AvgIpc) is 2.92. The quantitative estimate of drug-likeness (QED) is 0.891. The maximum Gasteiger partial charge on any atom is 0.237 e. The predicted molar refractivity (Wildman–Crippen MR) is 80.7 cm³/mol. The molecular formula is C15H23ClN2O. The molecule has 1 heterocycles. The molecule has 1 aliphatic heterocycles. The Hall–Kier alpha value is -1.06. The number of hydrogen-bond donors (Lipinski definition) is 2. The highest BCUT2D eigenvalue weighted by molar-refractivity contribution is 5.85. The molecule has 1 aliphatic rings. The van der Waals surface area contributed by atoms with Gasteiger partial charge >= 0.3 is 0 Å². The first kappa shape index (κ1) is 16.0. The maximum absolute atomic E-state index is 12.0. The van der Waals surface area contributed by atoms with Crippen LogP contribution in [0.3, 0.4) is 0 Å². The van der Waals surface area contributed by atoms with Crippen LogP contribution in [0.4, 0.5) is 0 Å². The second-order valence-electron chi connectivity index (χ2n) is 4.97. The van der Waals surface area contributed by atoms with Crippen molar-refractivity contribution in [1.29, 1.82) is 0 Å². The Morgan fingerprint density at radius 3 is 2.63 bits per heavy atom. The fourth-order valence-electron chi connectivity index (χ4n) is 2.35. The summed E-state index contributed by atoms with van der Waals surface area (Å²) in [5.74, 6) is 0.125. The van der Waals surface area contributed by atoms with Gasteiger partial charge in [-0.15, -0.1) is 12.4 Å². The Morgan fingerprint density at radius 1 is 1.42 bits per heavy atom. The molecule has 19 heavy (non-hydrogen) atoms. The summed E-state index contributed by atoms with van der Waals surface area (Å²) in [6.07, 6.45) is 3.10. The fourth-order valence-corrected chi connectivity index (χ4v) is 2.35. The van der Waals surface area contributed by atoms with Gasteiger partial charge in [0.05, 0.1) is 12.1 Å². The van der Waals surface area contributed by atoms with E-state index in [2.05, 4.69) is 41.8 Å². The Balaban J connectivity index is 0.00000180. The van der Waals surface area contributed by atoms with Gasteiger partial charge in [0.15, 0.2) is 0 Å². The van der Waals surface area contributed by atoms with Crippen LogP contribution in [0.2, 0.25) is 0 Å². The fraction of sp³-hybridized carbons (Fsp3) is 0.533. The summed E-state index contributed by atoms with van der Waals surface area (Å²) in [6.45, 7) is 5.14. The van der Waals surface area contributed by atoms with Gasteiger partial charge in [-0.3, -0.25) is 4.79 Å². The summed E-state index contributed by atoms with van der Waals surface area (Å²) in [5, 5.41) is 6.29. The highest BCUT2D eigenvalue weighted by Crippen LogP contribution is 2.15. The number of nitrogens with one attached hydrogen (secondary N) is 2. The predicted octanol–water partition coefficient (Wildman–Crippen LogP) is 2.60. The van der Waals surface area contributed by atoms with Crippen LogP contribution >= 0.6 is 12.4 Å². The molecule has 0 spiro atoms. The lowest BCUT2D eigenvalue weighted by Gasteiger charge is -2.17. The molecular weight excluding hydrogens is 260 g/mol. The molecule has 2 N–H and O–H groups in total. The third-order valence-electron chi connectivity index (χ3n) is 3.62. The molecule has 2 unspecified atom stereocenters. The minimum atomic E-state index is 0. The van der Waals surface area contributed by atoms with Crippen molar-refractivity contribution in [2.75, 3.05) is 6.54 Å². The van der Waals surface area contributed by atoms with Crippen LogP contribution < -0.4 is 10.6 Å². The van der Waals surface area contributed by atoms with E-state index in [1.54, 1.807) is 0 Å². The molecule has 4 heteroatoms. The molecule has 0 bridgehead atoms. The summed E-state index contributed by atoms with van der Waals surface area (Å²) in [6, 6.07) is 8.54. The van der Waals surface area contributed by atoms with Crippen LogP contribution in [0.1, 0.15) is 43.9 Å². The number of aryl methyl sites for hydroxylation is 1. The maximum atomic E-state index is 12.0. The molecule has 1 amide bonds. The number of amides is 1. The van der Waals surface area contributed by atoms with Gasteiger partial charge in [-0.25, -0.2) is 0 Å². The van der Waals surface area contributed by atoms with Crippen molar-refractivity contribution >= 4 is 18.3 Å². The van der Waals surface area contributed by atoms with Crippen LogP contribution in [0, 0.1) is 0 Å². The number of carbonyl (C=O) groups is 1. The standard InChI is InChI=1S/C15H22N2O.ClH/c1-3-12-6-8-13(9-7-12)11(2)17-15(18)14-5-4-10-16-14;/h6-9,11,14,16H,3-5,10H2,1-2H3,(H,17,18);1H. The van der Waals surface area contributed by atoms with Crippen LogP contribution in [-0.2, 0) is 11.2 Å². The van der Waals surface area contributed by atoms with Crippen LogP contribution in [0.25, 0.3) is 0 Å². The normalized spacial score (nSPS) is 19.6. The van der Waals surface area contributed by atoms with E-state index < -0.39 is 0 Å². The van der Waals surface area contributed by atoms with Gasteiger partial charge in [-0.1, -0.05) is 31.2 Å². The smallest absolute Gasteiger partial charge is 0.237 e. The van der Waals surface area contributed by atoms with Crippen molar-refractivity contribution in [2.24, 2.45) is 0 Å². The number of carbonyl (C=O) groups excluding carboxylic acids is 1. The topological polar surface area (TPSA) is 41.1 Å². The van der Waals surface area contributed by atoms with Crippen LogP contribution in [-0.4, -0.2) is 18.5 Å². The molecule has 0 aliphatic carbocycles. The van der Waals surface area contributed by atoms with Crippen molar-refractivity contribution in [2.45, 2.75) is 45.2 Å². The second-order valence-corrected chi connectivity index (χ2v) is 4.97. The largest absolute Gasteiger partial charge is 0.348 e. The molecule has 2 atom stereocenters. The third kappa shape index (κ3) is 4.22. The molecule has 1 fully saturated rings. The van der Waals surface area contributed by atoms with Crippen LogP contribution in [0.15, 0.2) is 24.3 Å². The number of hydrogen-bond acceptors (Lipinski definition) is 2. The summed E-state index contributed by atoms with van der Waals surface area (Å²) in [4.78, 5) is 12.0. The van der Waals surface area contributed by atoms with Crippen molar-refractivity contribution in [3.05, 3.63) is 35.4 Å². The second kappa shape index (κ2) is 7.51. The van der Waals surface area contributed by atoms with Crippen molar-refractivity contribution in [1.82, 2.24) is 10.6 Å². The lowest BCUT2D eigenvalue weighted by molar-refractivity contribution is -0.123. The molecule has 0 radical (unpaired) electrons. The lowest BCUT2D eigenvalue weighted by atomic mass is 10.0. The first-order valence-electron chi connectivity index (χ1n) is 6.83. The molecule has 3 nitrogen and oxygen atoms in total. The number of benzene rings is 1. The Labute approximate surface area is 121 Å². The molecule has 2 rings (SSSR count). The van der Waals surface area contributed by atoms with E-state index in [0.717, 1.165) is 25.8 Å². The molecule has 0 saturated carbocycles. The monoisotopic (exact) mass is 282 g/mol. The first-order chi connectivity index (χ1) is 8.70. The van der Waals surface area contributed by atoms with Crippen LogP contribution in [0.5, 0.6) is 0 Å². The average molecular weight is 283 g/mol. The number of halogens is 1. The highest BCUT2D eigenvalue weighted by atomic mass is 35.5. The minimum Gasteiger partial charge on any atom is -0.348 e. The highest BCUT2D eigenvalue weighted by Gasteiger charge is 2.23. The van der Waals surface area contributed by atoms with Gasteiger partial charge < -0.3 is 10.6 Å². The van der Waals surface area contributed by atoms with E-state index in [9.17, 15) is 4.79 Å². The summed E-state index contributed by atoms with van der Waals surface area (Å²) >= 11 is 0. The van der Waals surface area contributed by atoms with E-state index in [4.69, 9.17) is 0 Å². The summed E-state index contributed by atoms with van der Waals surface area (Å²) < 4.78 is 0. The van der Waals surface area contributed by atoms with Gasteiger partial charge in [0, 0.05) is 0 Å². The zero-order chi connectivity index (χ0) is 13.0. The van der Waals surface area contributed by atoms with Gasteiger partial charge in [0.2, 0.25) is 5.91 Å². The van der Waals surface area contributed by atoms with E-state index >= 15 is 0 Å². The van der Waals surface area contributed by atoms with Crippen molar-refractivity contribution in [3.8, 4) is 0 Å². The van der Waals surface area contributed by atoms with Crippen molar-refractivity contribution < 1.29 is 4.79 Å². The molecule has 1 saturated heterocycles. The molecule has 106 valence electrons. The van der Waals surface area contributed by atoms with E-state index in [1.807, 2.05) is 6.92 Å². The minimum absolute atomic E-state index is 0. The van der Waals surface area contributed by atoms with Crippen molar-refractivity contribution in [3.63, 3.8) is 0 Å². The van der Waals surface area contributed by atoms with E-state index in [0.29, 0.717) is 0 Å². The molecule has 0 aromatic heterocycles. The Kier molecular flexibility index (Phi) is 6.32. The van der Waals surface area contributed by atoms with Gasteiger partial charge in [0.25, 0.3) is 0 Å². The SMILES string of the molecule is CCc1ccc(C(C)NC(=O)C2CCCN2)cc1.Cl. The molecule has 1 aromatic carbocycles. The summed E-state index contributed by atoms with van der Waals surface area (Å²) in [7, 11) is 0. The lowest BCUT2D eigenvalue weighted by Crippen LogP contribution is -2.41. The zero-order valence-electron chi connectivity index (χ0n) is 11.6. The van der Waals surface area contributed by atoms with E-state index in [-0.39, 0.29) is 30.4 Å². The van der Waals surface area contributed by atoms with Gasteiger partial charge in [-0.05, 0) is 43.9 Å². The van der Waals surface area contributed by atoms with E-state index in [1.165, 1.54) is 11.1 Å². The zero-order valence-corrected chi connectivity index (χ0v) is 12.4. The first-order valence-corrected chi connectivity index (χ1v) is 6.83. The Morgan fingerprint density at radius 2 is 2.11 bits per heavy atom.